The molecule has 0 unspecified atom stereocenters. The van der Waals surface area contributed by atoms with Crippen LogP contribution in [0.15, 0.2) is 12.1 Å². The van der Waals surface area contributed by atoms with Gasteiger partial charge in [0.1, 0.15) is 5.52 Å². The summed E-state index contributed by atoms with van der Waals surface area (Å²) in [7, 11) is 2.97. The number of fused-ring (bicyclic) bond motifs is 1. The van der Waals surface area contributed by atoms with E-state index in [1.165, 1.54) is 14.2 Å². The van der Waals surface area contributed by atoms with Crippen LogP contribution >= 0.6 is 23.2 Å². The first-order valence-corrected chi connectivity index (χ1v) is 5.16. The second kappa shape index (κ2) is 4.31. The molecule has 0 aliphatic rings. The van der Waals surface area contributed by atoms with Crippen molar-refractivity contribution in [3.63, 3.8) is 0 Å². The molecule has 0 N–H and O–H groups in total. The van der Waals surface area contributed by atoms with Crippen LogP contribution in [0.3, 0.4) is 0 Å². The van der Waals surface area contributed by atoms with Crippen LogP contribution in [-0.4, -0.2) is 24.2 Å². The Hall–Kier alpha value is -1.26. The quantitative estimate of drug-likeness (QED) is 0.831. The zero-order chi connectivity index (χ0) is 11.7. The average molecular weight is 259 g/mol. The lowest BCUT2D eigenvalue weighted by Crippen LogP contribution is -1.97. The van der Waals surface area contributed by atoms with Gasteiger partial charge < -0.3 is 9.47 Å². The van der Waals surface area contributed by atoms with Gasteiger partial charge in [-0.2, -0.15) is 9.97 Å². The smallest absolute Gasteiger partial charge is 0.320 e. The number of rotatable bonds is 2. The molecule has 2 rings (SSSR count). The van der Waals surface area contributed by atoms with E-state index in [9.17, 15) is 0 Å². The Bertz CT molecular complexity index is 546. The van der Waals surface area contributed by atoms with Gasteiger partial charge in [0.05, 0.1) is 29.7 Å². The molecule has 0 radical (unpaired) electrons. The molecule has 2 aromatic rings. The number of methoxy groups -OCH3 is 2. The van der Waals surface area contributed by atoms with Crippen LogP contribution < -0.4 is 9.47 Å². The van der Waals surface area contributed by atoms with Gasteiger partial charge in [0.2, 0.25) is 5.88 Å². The molecule has 0 bridgehead atoms. The van der Waals surface area contributed by atoms with Gasteiger partial charge in [-0.3, -0.25) is 0 Å². The third kappa shape index (κ3) is 1.74. The summed E-state index contributed by atoms with van der Waals surface area (Å²) < 4.78 is 10.1. The van der Waals surface area contributed by atoms with Crippen molar-refractivity contribution in [2.75, 3.05) is 14.2 Å². The van der Waals surface area contributed by atoms with Gasteiger partial charge in [-0.05, 0) is 12.1 Å². The Morgan fingerprint density at radius 3 is 2.31 bits per heavy atom. The number of hydrogen-bond acceptors (Lipinski definition) is 4. The normalized spacial score (nSPS) is 10.5. The van der Waals surface area contributed by atoms with E-state index in [0.29, 0.717) is 26.8 Å². The predicted octanol–water partition coefficient (Wildman–Crippen LogP) is 2.95. The maximum Gasteiger partial charge on any atom is 0.320 e. The first kappa shape index (κ1) is 11.2. The fraction of sp³-hybridized carbons (Fsp3) is 0.200. The lowest BCUT2D eigenvalue weighted by Gasteiger charge is -2.08. The molecule has 16 heavy (non-hydrogen) atoms. The zero-order valence-corrected chi connectivity index (χ0v) is 10.1. The maximum atomic E-state index is 6.05. The molecule has 1 heterocycles. The van der Waals surface area contributed by atoms with Crippen molar-refractivity contribution in [1.82, 2.24) is 9.97 Å². The molecule has 84 valence electrons. The van der Waals surface area contributed by atoms with E-state index in [0.717, 1.165) is 0 Å². The maximum absolute atomic E-state index is 6.05. The molecule has 0 amide bonds. The summed E-state index contributed by atoms with van der Waals surface area (Å²) in [6.07, 6.45) is 0. The van der Waals surface area contributed by atoms with Crippen LogP contribution in [0, 0.1) is 0 Å². The highest BCUT2D eigenvalue weighted by Gasteiger charge is 2.14. The van der Waals surface area contributed by atoms with Crippen molar-refractivity contribution in [1.29, 1.82) is 0 Å². The predicted molar refractivity (Wildman–Crippen MR) is 62.7 cm³/mol. The lowest BCUT2D eigenvalue weighted by molar-refractivity contribution is 0.357. The largest absolute Gasteiger partial charge is 0.480 e. The number of benzene rings is 1. The molecular formula is C10H8Cl2N2O2. The van der Waals surface area contributed by atoms with Gasteiger partial charge in [0.15, 0.2) is 0 Å². The molecule has 0 saturated heterocycles. The van der Waals surface area contributed by atoms with Crippen LogP contribution in [0.1, 0.15) is 0 Å². The van der Waals surface area contributed by atoms with Crippen molar-refractivity contribution < 1.29 is 9.47 Å². The highest BCUT2D eigenvalue weighted by atomic mass is 35.5. The topological polar surface area (TPSA) is 44.2 Å². The minimum Gasteiger partial charge on any atom is -0.480 e. The van der Waals surface area contributed by atoms with Gasteiger partial charge in [-0.25, -0.2) is 0 Å². The van der Waals surface area contributed by atoms with E-state index >= 15 is 0 Å². The van der Waals surface area contributed by atoms with Crippen LogP contribution in [0.2, 0.25) is 10.0 Å². The minimum absolute atomic E-state index is 0.188. The molecule has 0 saturated carbocycles. The van der Waals surface area contributed by atoms with Crippen molar-refractivity contribution in [3.05, 3.63) is 22.2 Å². The number of hydrogen-bond donors (Lipinski definition) is 0. The summed E-state index contributed by atoms with van der Waals surface area (Å²) in [6.45, 7) is 0. The van der Waals surface area contributed by atoms with Crippen LogP contribution in [0.4, 0.5) is 0 Å². The molecule has 4 nitrogen and oxygen atoms in total. The van der Waals surface area contributed by atoms with Gasteiger partial charge in [0, 0.05) is 0 Å². The third-order valence-electron chi connectivity index (χ3n) is 2.07. The second-order valence-corrected chi connectivity index (χ2v) is 3.79. The fourth-order valence-corrected chi connectivity index (χ4v) is 1.79. The summed E-state index contributed by atoms with van der Waals surface area (Å²) in [6, 6.07) is 3.52. The van der Waals surface area contributed by atoms with Crippen molar-refractivity contribution in [3.8, 4) is 11.9 Å². The standard InChI is InChI=1S/C10H8Cl2N2O2/c1-15-9-7-5(11)3-4-6(12)8(7)13-10(14-9)16-2/h3-4H,1-2H3. The van der Waals surface area contributed by atoms with Crippen LogP contribution in [-0.2, 0) is 0 Å². The summed E-state index contributed by atoms with van der Waals surface area (Å²) in [4.78, 5) is 8.17. The van der Waals surface area contributed by atoms with E-state index in [2.05, 4.69) is 9.97 Å². The average Bonchev–Trinajstić information content (AvgIpc) is 2.32. The fourth-order valence-electron chi connectivity index (χ4n) is 1.36. The number of nitrogens with zero attached hydrogens (tertiary/aromatic N) is 2. The molecular weight excluding hydrogens is 251 g/mol. The molecule has 0 fully saturated rings. The van der Waals surface area contributed by atoms with E-state index in [1.54, 1.807) is 12.1 Å². The first-order chi connectivity index (χ1) is 7.67. The number of aromatic nitrogens is 2. The Morgan fingerprint density at radius 1 is 1.00 bits per heavy atom. The van der Waals surface area contributed by atoms with E-state index in [4.69, 9.17) is 32.7 Å². The number of halogens is 2. The Kier molecular flexibility index (Phi) is 3.03. The monoisotopic (exact) mass is 258 g/mol. The van der Waals surface area contributed by atoms with E-state index in [-0.39, 0.29) is 6.01 Å². The van der Waals surface area contributed by atoms with Crippen LogP contribution in [0.25, 0.3) is 10.9 Å². The Morgan fingerprint density at radius 2 is 1.69 bits per heavy atom. The summed E-state index contributed by atoms with van der Waals surface area (Å²) in [5.74, 6) is 0.342. The molecule has 0 spiro atoms. The highest BCUT2D eigenvalue weighted by Crippen LogP contribution is 2.34. The van der Waals surface area contributed by atoms with E-state index < -0.39 is 0 Å². The Balaban J connectivity index is 2.88. The minimum atomic E-state index is 0.188. The highest BCUT2D eigenvalue weighted by molar-refractivity contribution is 6.40. The number of ether oxygens (including phenoxy) is 2. The lowest BCUT2D eigenvalue weighted by atomic mass is 10.2. The molecule has 6 heteroatoms. The molecule has 1 aromatic heterocycles. The van der Waals surface area contributed by atoms with Gasteiger partial charge in [-0.1, -0.05) is 23.2 Å². The van der Waals surface area contributed by atoms with E-state index in [1.807, 2.05) is 0 Å². The van der Waals surface area contributed by atoms with Crippen LogP contribution in [0.5, 0.6) is 11.9 Å². The van der Waals surface area contributed by atoms with Crippen molar-refractivity contribution in [2.24, 2.45) is 0 Å². The Labute approximate surface area is 102 Å². The summed E-state index contributed by atoms with van der Waals surface area (Å²) >= 11 is 12.1. The second-order valence-electron chi connectivity index (χ2n) is 2.97. The molecule has 0 aliphatic carbocycles. The van der Waals surface area contributed by atoms with Gasteiger partial charge >= 0.3 is 6.01 Å². The van der Waals surface area contributed by atoms with Gasteiger partial charge in [0.25, 0.3) is 0 Å². The summed E-state index contributed by atoms with van der Waals surface area (Å²) in [5.41, 5.74) is 0.512. The SMILES string of the molecule is COc1nc(OC)c2c(Cl)ccc(Cl)c2n1. The zero-order valence-electron chi connectivity index (χ0n) is 8.62. The molecule has 0 aliphatic heterocycles. The van der Waals surface area contributed by atoms with Crippen molar-refractivity contribution >= 4 is 34.1 Å². The first-order valence-electron chi connectivity index (χ1n) is 4.41. The van der Waals surface area contributed by atoms with Crippen molar-refractivity contribution in [2.45, 2.75) is 0 Å². The van der Waals surface area contributed by atoms with Gasteiger partial charge in [-0.15, -0.1) is 0 Å². The third-order valence-corrected chi connectivity index (χ3v) is 2.69. The summed E-state index contributed by atoms with van der Waals surface area (Å²) in [5, 5.41) is 1.54. The molecule has 0 atom stereocenters. The molecule has 1 aromatic carbocycles.